The summed E-state index contributed by atoms with van der Waals surface area (Å²) in [5.74, 6) is 0. The largest absolute Gasteiger partial charge is 0.386 e. The summed E-state index contributed by atoms with van der Waals surface area (Å²) in [4.78, 5) is 0. The van der Waals surface area contributed by atoms with Crippen LogP contribution in [0, 0.1) is 0 Å². The molecule has 0 saturated carbocycles. The van der Waals surface area contributed by atoms with Gasteiger partial charge in [0.05, 0.1) is 39.6 Å². The van der Waals surface area contributed by atoms with Gasteiger partial charge in [-0.25, -0.2) is 0 Å². The van der Waals surface area contributed by atoms with Crippen molar-refractivity contribution in [2.24, 2.45) is 0 Å². The summed E-state index contributed by atoms with van der Waals surface area (Å²) >= 11 is 0. The van der Waals surface area contributed by atoms with Crippen LogP contribution in [-0.2, 0) is 14.2 Å². The average Bonchev–Trinajstić information content (AvgIpc) is 2.67. The number of hydrogen-bond acceptors (Lipinski definition) is 5. The van der Waals surface area contributed by atoms with E-state index < -0.39 is 12.2 Å². The van der Waals surface area contributed by atoms with Crippen LogP contribution in [-0.4, -0.2) is 49.9 Å². The maximum Gasteiger partial charge on any atom is 0.102 e. The van der Waals surface area contributed by atoms with Gasteiger partial charge < -0.3 is 24.4 Å². The fourth-order valence-electron chi connectivity index (χ4n) is 2.27. The molecule has 0 saturated heterocycles. The van der Waals surface area contributed by atoms with Gasteiger partial charge in [-0.1, -0.05) is 60.7 Å². The van der Waals surface area contributed by atoms with Crippen LogP contribution >= 0.6 is 0 Å². The van der Waals surface area contributed by atoms with Crippen LogP contribution in [0.5, 0.6) is 0 Å². The van der Waals surface area contributed by atoms with Gasteiger partial charge in [-0.2, -0.15) is 0 Å². The Balaban J connectivity index is 1.43. The second-order valence-electron chi connectivity index (χ2n) is 5.62. The van der Waals surface area contributed by atoms with Gasteiger partial charge in [-0.15, -0.1) is 0 Å². The minimum absolute atomic E-state index is 0.243. The van der Waals surface area contributed by atoms with Gasteiger partial charge >= 0.3 is 0 Å². The minimum Gasteiger partial charge on any atom is -0.386 e. The highest BCUT2D eigenvalue weighted by atomic mass is 16.5. The van der Waals surface area contributed by atoms with E-state index in [0.717, 1.165) is 11.1 Å². The first-order valence-corrected chi connectivity index (χ1v) is 8.46. The van der Waals surface area contributed by atoms with Crippen LogP contribution < -0.4 is 0 Å². The first kappa shape index (κ1) is 19.6. The molecular weight excluding hydrogens is 320 g/mol. The Hall–Kier alpha value is -1.76. The lowest BCUT2D eigenvalue weighted by atomic mass is 10.1. The Morgan fingerprint density at radius 2 is 0.920 bits per heavy atom. The fraction of sp³-hybridized carbons (Fsp3) is 0.400. The van der Waals surface area contributed by atoms with Gasteiger partial charge in [0, 0.05) is 0 Å². The zero-order valence-electron chi connectivity index (χ0n) is 14.3. The smallest absolute Gasteiger partial charge is 0.102 e. The summed E-state index contributed by atoms with van der Waals surface area (Å²) in [6.45, 7) is 2.19. The van der Waals surface area contributed by atoms with Crippen molar-refractivity contribution in [1.29, 1.82) is 0 Å². The van der Waals surface area contributed by atoms with E-state index in [1.165, 1.54) is 0 Å². The van der Waals surface area contributed by atoms with Crippen molar-refractivity contribution >= 4 is 0 Å². The van der Waals surface area contributed by atoms with Crippen LogP contribution in [0.15, 0.2) is 60.7 Å². The summed E-state index contributed by atoms with van der Waals surface area (Å²) < 4.78 is 16.2. The van der Waals surface area contributed by atoms with Crippen LogP contribution in [0.3, 0.4) is 0 Å². The van der Waals surface area contributed by atoms with E-state index in [-0.39, 0.29) is 13.2 Å². The Morgan fingerprint density at radius 1 is 0.560 bits per heavy atom. The van der Waals surface area contributed by atoms with Crippen molar-refractivity contribution in [3.05, 3.63) is 71.8 Å². The van der Waals surface area contributed by atoms with Crippen molar-refractivity contribution in [2.45, 2.75) is 12.2 Å². The normalized spacial score (nSPS) is 13.5. The van der Waals surface area contributed by atoms with Crippen molar-refractivity contribution in [1.82, 2.24) is 0 Å². The predicted octanol–water partition coefficient (Wildman–Crippen LogP) is 2.50. The molecule has 0 radical (unpaired) electrons. The molecule has 0 aliphatic rings. The summed E-state index contributed by atoms with van der Waals surface area (Å²) in [7, 11) is 0. The zero-order valence-corrected chi connectivity index (χ0v) is 14.3. The van der Waals surface area contributed by atoms with Gasteiger partial charge in [-0.3, -0.25) is 0 Å². The molecule has 136 valence electrons. The summed E-state index contributed by atoms with van der Waals surface area (Å²) in [5.41, 5.74) is 1.68. The van der Waals surface area contributed by atoms with Crippen LogP contribution in [0.1, 0.15) is 23.3 Å². The molecule has 0 bridgehead atoms. The fourth-order valence-corrected chi connectivity index (χ4v) is 2.27. The number of rotatable bonds is 12. The highest BCUT2D eigenvalue weighted by Crippen LogP contribution is 2.12. The lowest BCUT2D eigenvalue weighted by Crippen LogP contribution is -2.14. The van der Waals surface area contributed by atoms with Crippen LogP contribution in [0.25, 0.3) is 0 Å². The summed E-state index contributed by atoms with van der Waals surface area (Å²) in [6.07, 6.45) is -1.24. The van der Waals surface area contributed by atoms with Gasteiger partial charge in [0.1, 0.15) is 12.2 Å². The van der Waals surface area contributed by atoms with Crippen LogP contribution in [0.2, 0.25) is 0 Å². The Kier molecular flexibility index (Phi) is 9.18. The Bertz CT molecular complexity index is 509. The van der Waals surface area contributed by atoms with Gasteiger partial charge in [-0.05, 0) is 11.1 Å². The van der Waals surface area contributed by atoms with Crippen LogP contribution in [0.4, 0.5) is 0 Å². The molecule has 0 spiro atoms. The third-order valence-electron chi connectivity index (χ3n) is 3.66. The monoisotopic (exact) mass is 346 g/mol. The zero-order chi connectivity index (χ0) is 17.7. The SMILES string of the molecule is O[C@H](COCCOCCOC[C@@H](O)c1ccccc1)c1ccccc1. The van der Waals surface area contributed by atoms with Crippen molar-refractivity contribution in [3.8, 4) is 0 Å². The molecule has 0 fully saturated rings. The second-order valence-corrected chi connectivity index (χ2v) is 5.62. The molecule has 25 heavy (non-hydrogen) atoms. The molecule has 0 unspecified atom stereocenters. The topological polar surface area (TPSA) is 68.2 Å². The van der Waals surface area contributed by atoms with Crippen molar-refractivity contribution in [3.63, 3.8) is 0 Å². The lowest BCUT2D eigenvalue weighted by Gasteiger charge is -2.13. The van der Waals surface area contributed by atoms with E-state index in [2.05, 4.69) is 0 Å². The molecule has 0 aliphatic heterocycles. The predicted molar refractivity (Wildman–Crippen MR) is 95.3 cm³/mol. The molecule has 2 aromatic carbocycles. The number of aliphatic hydroxyl groups is 2. The summed E-state index contributed by atoms with van der Waals surface area (Å²) in [6, 6.07) is 18.8. The van der Waals surface area contributed by atoms with Gasteiger partial charge in [0.2, 0.25) is 0 Å². The van der Waals surface area contributed by atoms with E-state index >= 15 is 0 Å². The van der Waals surface area contributed by atoms with E-state index in [4.69, 9.17) is 14.2 Å². The van der Waals surface area contributed by atoms with E-state index in [0.29, 0.717) is 26.4 Å². The number of aliphatic hydroxyl groups excluding tert-OH is 2. The molecule has 2 atom stereocenters. The lowest BCUT2D eigenvalue weighted by molar-refractivity contribution is -0.0222. The maximum atomic E-state index is 9.93. The van der Waals surface area contributed by atoms with Crippen molar-refractivity contribution < 1.29 is 24.4 Å². The highest BCUT2D eigenvalue weighted by molar-refractivity contribution is 5.17. The highest BCUT2D eigenvalue weighted by Gasteiger charge is 2.07. The molecular formula is C20H26O5. The van der Waals surface area contributed by atoms with Crippen molar-refractivity contribution in [2.75, 3.05) is 39.6 Å². The standard InChI is InChI=1S/C20H26O5/c21-19(17-7-3-1-4-8-17)15-24-13-11-23-12-14-25-16-20(22)18-9-5-2-6-10-18/h1-10,19-22H,11-16H2/t19-,20-/m1/s1. The molecule has 2 N–H and O–H groups in total. The number of benzene rings is 2. The maximum absolute atomic E-state index is 9.93. The van der Waals surface area contributed by atoms with Gasteiger partial charge in [0.15, 0.2) is 0 Å². The Labute approximate surface area is 148 Å². The average molecular weight is 346 g/mol. The molecule has 0 amide bonds. The van der Waals surface area contributed by atoms with Gasteiger partial charge in [0.25, 0.3) is 0 Å². The first-order chi connectivity index (χ1) is 12.3. The second kappa shape index (κ2) is 11.7. The quantitative estimate of drug-likeness (QED) is 0.578. The first-order valence-electron chi connectivity index (χ1n) is 8.46. The summed E-state index contributed by atoms with van der Waals surface area (Å²) in [5, 5.41) is 19.9. The molecule has 5 heteroatoms. The van der Waals surface area contributed by atoms with E-state index in [1.807, 2.05) is 60.7 Å². The minimum atomic E-state index is -0.621. The third-order valence-corrected chi connectivity index (χ3v) is 3.66. The third kappa shape index (κ3) is 7.77. The number of ether oxygens (including phenoxy) is 3. The Morgan fingerprint density at radius 3 is 1.32 bits per heavy atom. The van der Waals surface area contributed by atoms with E-state index in [1.54, 1.807) is 0 Å². The molecule has 0 aromatic heterocycles. The number of hydrogen-bond donors (Lipinski definition) is 2. The molecule has 5 nitrogen and oxygen atoms in total. The van der Waals surface area contributed by atoms with E-state index in [9.17, 15) is 10.2 Å². The molecule has 0 heterocycles. The molecule has 0 aliphatic carbocycles. The molecule has 2 aromatic rings. The molecule has 2 rings (SSSR count).